The average molecular weight is 467 g/mol. The smallest absolute Gasteiger partial charge is 0.235 e. The number of rotatable bonds is 7. The van der Waals surface area contributed by atoms with Crippen molar-refractivity contribution in [3.05, 3.63) is 41.4 Å². The van der Waals surface area contributed by atoms with Crippen LogP contribution < -0.4 is 5.32 Å². The number of thioether (sulfide) groups is 1. The summed E-state index contributed by atoms with van der Waals surface area (Å²) >= 11 is 7.48. The van der Waals surface area contributed by atoms with E-state index in [1.807, 2.05) is 43.1 Å². The second-order valence-electron chi connectivity index (χ2n) is 6.58. The van der Waals surface area contributed by atoms with Gasteiger partial charge in [-0.15, -0.1) is 36.6 Å². The first-order valence-corrected chi connectivity index (χ1v) is 10.2. The van der Waals surface area contributed by atoms with E-state index in [0.717, 1.165) is 31.6 Å². The molecule has 0 bridgehead atoms. The van der Waals surface area contributed by atoms with Gasteiger partial charge in [-0.05, 0) is 57.1 Å². The molecule has 2 aromatic rings. The highest BCUT2D eigenvalue weighted by atomic mass is 35.5. The second kappa shape index (κ2) is 11.9. The van der Waals surface area contributed by atoms with Crippen LogP contribution >= 0.6 is 48.2 Å². The third kappa shape index (κ3) is 6.56. The van der Waals surface area contributed by atoms with Crippen LogP contribution in [0.5, 0.6) is 0 Å². The largest absolute Gasteiger partial charge is 0.440 e. The highest BCUT2D eigenvalue weighted by Gasteiger charge is 2.28. The van der Waals surface area contributed by atoms with Crippen molar-refractivity contribution in [3.63, 3.8) is 0 Å². The van der Waals surface area contributed by atoms with Gasteiger partial charge in [0.15, 0.2) is 5.76 Å². The fourth-order valence-corrected chi connectivity index (χ4v) is 4.08. The van der Waals surface area contributed by atoms with Gasteiger partial charge in [-0.3, -0.25) is 4.79 Å². The Kier molecular flexibility index (Phi) is 10.7. The van der Waals surface area contributed by atoms with Gasteiger partial charge in [0.1, 0.15) is 0 Å². The summed E-state index contributed by atoms with van der Waals surface area (Å²) in [5.74, 6) is 2.70. The number of likely N-dealkylation sites (tertiary alicyclic amines) is 1. The Labute approximate surface area is 187 Å². The van der Waals surface area contributed by atoms with Crippen molar-refractivity contribution in [1.29, 1.82) is 0 Å². The van der Waals surface area contributed by atoms with Crippen molar-refractivity contribution < 1.29 is 9.21 Å². The van der Waals surface area contributed by atoms with Crippen molar-refractivity contribution in [2.75, 3.05) is 26.7 Å². The number of hydrogen-bond donors (Lipinski definition) is 1. The summed E-state index contributed by atoms with van der Waals surface area (Å²) in [4.78, 5) is 18.9. The zero-order valence-corrected chi connectivity index (χ0v) is 19.1. The molecule has 1 N–H and O–H groups in total. The monoisotopic (exact) mass is 465 g/mol. The summed E-state index contributed by atoms with van der Waals surface area (Å²) in [6, 6.07) is 7.46. The van der Waals surface area contributed by atoms with E-state index >= 15 is 0 Å². The van der Waals surface area contributed by atoms with Crippen LogP contribution in [0.1, 0.15) is 19.2 Å². The van der Waals surface area contributed by atoms with Gasteiger partial charge < -0.3 is 14.6 Å². The van der Waals surface area contributed by atoms with E-state index in [1.54, 1.807) is 18.0 Å². The Hall–Kier alpha value is -0.920. The van der Waals surface area contributed by atoms with Gasteiger partial charge in [0.2, 0.25) is 11.8 Å². The molecule has 156 valence electrons. The molecule has 0 aliphatic carbocycles. The van der Waals surface area contributed by atoms with Gasteiger partial charge in [0.25, 0.3) is 0 Å². The minimum Gasteiger partial charge on any atom is -0.440 e. The van der Waals surface area contributed by atoms with Crippen LogP contribution in [0, 0.1) is 5.92 Å². The molecular formula is C19H26Cl3N3O2S. The number of hydrogen-bond acceptors (Lipinski definition) is 5. The summed E-state index contributed by atoms with van der Waals surface area (Å²) in [5.41, 5.74) is 0.940. The molecule has 2 heterocycles. The number of carbonyl (C=O) groups is 1. The molecule has 28 heavy (non-hydrogen) atoms. The van der Waals surface area contributed by atoms with E-state index in [1.165, 1.54) is 0 Å². The molecule has 3 rings (SSSR count). The number of carbonyl (C=O) groups excluding carboxylic acids is 1. The van der Waals surface area contributed by atoms with Gasteiger partial charge in [-0.2, -0.15) is 0 Å². The number of amides is 1. The van der Waals surface area contributed by atoms with Crippen LogP contribution in [0.25, 0.3) is 11.3 Å². The number of nitrogens with one attached hydrogen (secondary N) is 1. The van der Waals surface area contributed by atoms with Gasteiger partial charge in [-0.25, -0.2) is 4.98 Å². The Bertz CT molecular complexity index is 742. The second-order valence-corrected chi connectivity index (χ2v) is 8.34. The average Bonchev–Trinajstić information content (AvgIpc) is 3.30. The molecule has 0 radical (unpaired) electrons. The maximum Gasteiger partial charge on any atom is 0.235 e. The molecule has 2 atom stereocenters. The Morgan fingerprint density at radius 2 is 2.11 bits per heavy atom. The van der Waals surface area contributed by atoms with E-state index in [9.17, 15) is 4.79 Å². The fraction of sp³-hybridized carbons (Fsp3) is 0.474. The Balaban J connectivity index is 0.00000196. The molecule has 2 unspecified atom stereocenters. The Morgan fingerprint density at radius 1 is 1.39 bits per heavy atom. The summed E-state index contributed by atoms with van der Waals surface area (Å²) in [6.45, 7) is 4.64. The maximum atomic E-state index is 12.6. The third-order valence-electron chi connectivity index (χ3n) is 4.58. The van der Waals surface area contributed by atoms with Crippen LogP contribution in [0.15, 0.2) is 34.9 Å². The summed E-state index contributed by atoms with van der Waals surface area (Å²) < 4.78 is 5.81. The van der Waals surface area contributed by atoms with Crippen LogP contribution in [0.3, 0.4) is 0 Å². The highest BCUT2D eigenvalue weighted by molar-refractivity contribution is 7.99. The molecular weight excluding hydrogens is 441 g/mol. The number of aromatic nitrogens is 1. The Morgan fingerprint density at radius 3 is 2.79 bits per heavy atom. The first-order chi connectivity index (χ1) is 12.6. The van der Waals surface area contributed by atoms with Crippen molar-refractivity contribution in [2.45, 2.75) is 24.3 Å². The normalized spacial score (nSPS) is 17.0. The number of oxazole rings is 1. The SMILES string of the molecule is CNCC1CCN(C(=O)C(C)SCc2ncc(-c3ccc(Cl)cc3)o2)C1.Cl.Cl. The molecule has 1 aromatic carbocycles. The molecule has 1 fully saturated rings. The van der Waals surface area contributed by atoms with E-state index in [-0.39, 0.29) is 36.0 Å². The van der Waals surface area contributed by atoms with Crippen molar-refractivity contribution >= 4 is 54.1 Å². The van der Waals surface area contributed by atoms with Crippen LogP contribution in [0.4, 0.5) is 0 Å². The molecule has 0 spiro atoms. The van der Waals surface area contributed by atoms with Crippen molar-refractivity contribution in [1.82, 2.24) is 15.2 Å². The quantitative estimate of drug-likeness (QED) is 0.650. The topological polar surface area (TPSA) is 58.4 Å². The molecule has 0 saturated carbocycles. The maximum absolute atomic E-state index is 12.6. The van der Waals surface area contributed by atoms with E-state index in [4.69, 9.17) is 16.0 Å². The van der Waals surface area contributed by atoms with E-state index < -0.39 is 0 Å². The van der Waals surface area contributed by atoms with Gasteiger partial charge in [0, 0.05) is 23.7 Å². The number of benzene rings is 1. The van der Waals surface area contributed by atoms with Gasteiger partial charge >= 0.3 is 0 Å². The van der Waals surface area contributed by atoms with Gasteiger partial charge in [-0.1, -0.05) is 11.6 Å². The molecule has 9 heteroatoms. The third-order valence-corrected chi connectivity index (χ3v) is 5.94. The summed E-state index contributed by atoms with van der Waals surface area (Å²) in [6.07, 6.45) is 2.79. The number of nitrogens with zero attached hydrogens (tertiary/aromatic N) is 2. The minimum atomic E-state index is -0.103. The van der Waals surface area contributed by atoms with Gasteiger partial charge in [0.05, 0.1) is 17.2 Å². The number of halogens is 3. The lowest BCUT2D eigenvalue weighted by Gasteiger charge is -2.20. The lowest BCUT2D eigenvalue weighted by molar-refractivity contribution is -0.129. The molecule has 5 nitrogen and oxygen atoms in total. The first-order valence-electron chi connectivity index (χ1n) is 8.82. The molecule has 1 saturated heterocycles. The molecule has 1 amide bonds. The highest BCUT2D eigenvalue weighted by Crippen LogP contribution is 2.26. The molecule has 1 aliphatic heterocycles. The van der Waals surface area contributed by atoms with Crippen molar-refractivity contribution in [3.8, 4) is 11.3 Å². The van der Waals surface area contributed by atoms with Crippen LogP contribution in [0.2, 0.25) is 5.02 Å². The minimum absolute atomic E-state index is 0. The fourth-order valence-electron chi connectivity index (χ4n) is 3.14. The van der Waals surface area contributed by atoms with E-state index in [2.05, 4.69) is 10.3 Å². The predicted octanol–water partition coefficient (Wildman–Crippen LogP) is 4.53. The van der Waals surface area contributed by atoms with Crippen molar-refractivity contribution in [2.24, 2.45) is 5.92 Å². The molecule has 1 aliphatic rings. The zero-order valence-electron chi connectivity index (χ0n) is 15.9. The molecule has 1 aromatic heterocycles. The zero-order chi connectivity index (χ0) is 18.5. The lowest BCUT2D eigenvalue weighted by atomic mass is 10.1. The first kappa shape index (κ1) is 25.1. The lowest BCUT2D eigenvalue weighted by Crippen LogP contribution is -2.35. The van der Waals surface area contributed by atoms with Crippen LogP contribution in [-0.2, 0) is 10.5 Å². The summed E-state index contributed by atoms with van der Waals surface area (Å²) in [7, 11) is 1.96. The standard InChI is InChI=1S/C19H24ClN3O2S.2ClH/c1-13(19(24)23-8-7-14(11-23)9-21-2)26-12-18-22-10-17(25-18)15-3-5-16(20)6-4-15;;/h3-6,10,13-14,21H,7-9,11-12H2,1-2H3;2*1H. The summed E-state index contributed by atoms with van der Waals surface area (Å²) in [5, 5.41) is 3.78. The van der Waals surface area contributed by atoms with Crippen LogP contribution in [-0.4, -0.2) is 47.7 Å². The predicted molar refractivity (Wildman–Crippen MR) is 121 cm³/mol. The van der Waals surface area contributed by atoms with E-state index in [0.29, 0.717) is 28.3 Å².